The van der Waals surface area contributed by atoms with Crippen LogP contribution in [0.3, 0.4) is 0 Å². The minimum absolute atomic E-state index is 0.00671. The van der Waals surface area contributed by atoms with E-state index in [1.807, 2.05) is 12.1 Å². The Morgan fingerprint density at radius 1 is 1.17 bits per heavy atom. The summed E-state index contributed by atoms with van der Waals surface area (Å²) in [5.41, 5.74) is 9.55. The molecule has 122 valence electrons. The number of carbonyl (C=O) groups is 2. The average Bonchev–Trinajstić information content (AvgIpc) is 2.83. The van der Waals surface area contributed by atoms with E-state index in [4.69, 9.17) is 32.6 Å². The average molecular weight is 319 g/mol. The highest BCUT2D eigenvalue weighted by atomic mass is 16.4. The zero-order valence-electron chi connectivity index (χ0n) is 12.1. The Morgan fingerprint density at radius 3 is 2.13 bits per heavy atom. The van der Waals surface area contributed by atoms with Gasteiger partial charge in [-0.1, -0.05) is 30.3 Å². The van der Waals surface area contributed by atoms with Crippen molar-refractivity contribution in [2.24, 2.45) is 5.73 Å². The number of fused-ring (bicyclic) bond motifs is 1. The Labute approximate surface area is 132 Å². The Hall–Kier alpha value is -2.66. The molecule has 7 nitrogen and oxygen atoms in total. The van der Waals surface area contributed by atoms with Gasteiger partial charge in [-0.3, -0.25) is 0 Å². The molecular weight excluding hydrogens is 302 g/mol. The first-order chi connectivity index (χ1) is 10.8. The van der Waals surface area contributed by atoms with Crippen LogP contribution in [0, 0.1) is 12.3 Å². The molecular formula is C16H17NO6. The summed E-state index contributed by atoms with van der Waals surface area (Å²) in [5, 5.41) is 32.5. The summed E-state index contributed by atoms with van der Waals surface area (Å²) in [6.07, 6.45) is 3.47. The van der Waals surface area contributed by atoms with Gasteiger partial charge in [0.1, 0.15) is 0 Å². The van der Waals surface area contributed by atoms with Gasteiger partial charge in [0.05, 0.1) is 6.04 Å². The van der Waals surface area contributed by atoms with Crippen molar-refractivity contribution in [2.45, 2.75) is 24.7 Å². The maximum absolute atomic E-state index is 9.77. The topological polar surface area (TPSA) is 141 Å². The molecule has 1 aromatic carbocycles. The van der Waals surface area contributed by atoms with Crippen LogP contribution >= 0.6 is 0 Å². The van der Waals surface area contributed by atoms with Crippen molar-refractivity contribution in [2.75, 3.05) is 0 Å². The normalized spacial score (nSPS) is 17.7. The molecule has 1 aromatic rings. The molecule has 0 heterocycles. The second kappa shape index (κ2) is 8.10. The van der Waals surface area contributed by atoms with Crippen LogP contribution in [0.2, 0.25) is 0 Å². The van der Waals surface area contributed by atoms with Gasteiger partial charge in [0.15, 0.2) is 12.2 Å². The largest absolute Gasteiger partial charge is 0.479 e. The standard InChI is InChI=1S/C12H11N.C4H6O6/c1-2-5-10-8-9-6-3-4-7-11(9)12(10)13;5-1(3(7)8)2(6)4(9)10/h1,3-4,6-8,12H,5,13H2;1-2,5-6H,(H,7,8)(H,9,10). The third-order valence-electron chi connectivity index (χ3n) is 3.18. The number of hydrogen-bond acceptors (Lipinski definition) is 5. The number of aliphatic hydroxyl groups excluding tert-OH is 2. The molecule has 23 heavy (non-hydrogen) atoms. The molecule has 0 aliphatic heterocycles. The van der Waals surface area contributed by atoms with E-state index in [1.165, 1.54) is 11.1 Å². The zero-order chi connectivity index (χ0) is 17.6. The SMILES string of the molecule is C#CCC1=Cc2ccccc2C1N.O=C(O)C(O)C(O)C(=O)O. The van der Waals surface area contributed by atoms with Gasteiger partial charge in [-0.15, -0.1) is 12.3 Å². The highest BCUT2D eigenvalue weighted by molar-refractivity contribution is 5.83. The van der Waals surface area contributed by atoms with Crippen LogP contribution < -0.4 is 5.73 Å². The second-order valence-corrected chi connectivity index (χ2v) is 4.77. The Kier molecular flexibility index (Phi) is 6.48. The van der Waals surface area contributed by atoms with E-state index >= 15 is 0 Å². The van der Waals surface area contributed by atoms with Crippen LogP contribution in [0.15, 0.2) is 29.8 Å². The monoisotopic (exact) mass is 319 g/mol. The molecule has 0 radical (unpaired) electrons. The van der Waals surface area contributed by atoms with Crippen LogP contribution in [-0.2, 0) is 9.59 Å². The fourth-order valence-corrected chi connectivity index (χ4v) is 1.96. The number of aliphatic carboxylic acids is 2. The second-order valence-electron chi connectivity index (χ2n) is 4.77. The Bertz CT molecular complexity index is 643. The summed E-state index contributed by atoms with van der Waals surface area (Å²) in [4.78, 5) is 19.5. The first kappa shape index (κ1) is 18.4. The van der Waals surface area contributed by atoms with Crippen molar-refractivity contribution in [1.29, 1.82) is 0 Å². The van der Waals surface area contributed by atoms with Crippen molar-refractivity contribution in [1.82, 2.24) is 0 Å². The van der Waals surface area contributed by atoms with Crippen molar-refractivity contribution < 1.29 is 30.0 Å². The smallest absolute Gasteiger partial charge is 0.335 e. The van der Waals surface area contributed by atoms with Crippen molar-refractivity contribution in [3.63, 3.8) is 0 Å². The summed E-state index contributed by atoms with van der Waals surface area (Å²) < 4.78 is 0. The van der Waals surface area contributed by atoms with E-state index in [0.29, 0.717) is 6.42 Å². The van der Waals surface area contributed by atoms with E-state index in [1.54, 1.807) is 0 Å². The summed E-state index contributed by atoms with van der Waals surface area (Å²) >= 11 is 0. The van der Waals surface area contributed by atoms with Crippen molar-refractivity contribution in [3.05, 3.63) is 41.0 Å². The lowest BCUT2D eigenvalue weighted by atomic mass is 10.0. The van der Waals surface area contributed by atoms with Gasteiger partial charge in [0.25, 0.3) is 0 Å². The minimum Gasteiger partial charge on any atom is -0.479 e. The fourth-order valence-electron chi connectivity index (χ4n) is 1.96. The van der Waals surface area contributed by atoms with Crippen molar-refractivity contribution >= 4 is 18.0 Å². The van der Waals surface area contributed by atoms with E-state index < -0.39 is 24.1 Å². The molecule has 1 aliphatic rings. The van der Waals surface area contributed by atoms with Gasteiger partial charge >= 0.3 is 11.9 Å². The van der Waals surface area contributed by atoms with Crippen molar-refractivity contribution in [3.8, 4) is 12.3 Å². The molecule has 0 saturated carbocycles. The maximum atomic E-state index is 9.77. The Morgan fingerprint density at radius 2 is 1.70 bits per heavy atom. The highest BCUT2D eigenvalue weighted by Gasteiger charge is 2.29. The maximum Gasteiger partial charge on any atom is 0.335 e. The summed E-state index contributed by atoms with van der Waals surface area (Å²) in [7, 11) is 0. The third-order valence-corrected chi connectivity index (χ3v) is 3.18. The minimum atomic E-state index is -2.27. The molecule has 0 amide bonds. The lowest BCUT2D eigenvalue weighted by Crippen LogP contribution is -2.39. The quantitative estimate of drug-likeness (QED) is 0.491. The van der Waals surface area contributed by atoms with Crippen LogP contribution in [0.25, 0.3) is 6.08 Å². The highest BCUT2D eigenvalue weighted by Crippen LogP contribution is 2.33. The van der Waals surface area contributed by atoms with E-state index in [9.17, 15) is 9.59 Å². The molecule has 3 unspecified atom stereocenters. The predicted molar refractivity (Wildman–Crippen MR) is 82.1 cm³/mol. The number of aliphatic hydroxyl groups is 2. The summed E-state index contributed by atoms with van der Waals surface area (Å²) in [6.45, 7) is 0. The number of rotatable bonds is 4. The lowest BCUT2D eigenvalue weighted by Gasteiger charge is -2.08. The molecule has 1 aliphatic carbocycles. The van der Waals surface area contributed by atoms with Crippen LogP contribution in [0.5, 0.6) is 0 Å². The molecule has 0 fully saturated rings. The lowest BCUT2D eigenvalue weighted by molar-refractivity contribution is -0.165. The van der Waals surface area contributed by atoms with Gasteiger partial charge in [-0.2, -0.15) is 0 Å². The molecule has 6 N–H and O–H groups in total. The number of nitrogens with two attached hydrogens (primary N) is 1. The van der Waals surface area contributed by atoms with Gasteiger partial charge < -0.3 is 26.2 Å². The van der Waals surface area contributed by atoms with Crippen LogP contribution in [0.4, 0.5) is 0 Å². The number of hydrogen-bond donors (Lipinski definition) is 5. The third kappa shape index (κ3) is 4.66. The van der Waals surface area contributed by atoms with Crippen LogP contribution in [0.1, 0.15) is 23.6 Å². The van der Waals surface area contributed by atoms with Gasteiger partial charge in [0.2, 0.25) is 0 Å². The first-order valence-electron chi connectivity index (χ1n) is 6.59. The number of benzene rings is 1. The van der Waals surface area contributed by atoms with E-state index in [-0.39, 0.29) is 6.04 Å². The van der Waals surface area contributed by atoms with Gasteiger partial charge in [0, 0.05) is 6.42 Å². The molecule has 0 spiro atoms. The predicted octanol–water partition coefficient (Wildman–Crippen LogP) is -0.0159. The number of terminal acetylenes is 1. The van der Waals surface area contributed by atoms with E-state index in [0.717, 1.165) is 5.57 Å². The first-order valence-corrected chi connectivity index (χ1v) is 6.59. The molecule has 0 aromatic heterocycles. The number of carboxylic acids is 2. The van der Waals surface area contributed by atoms with Crippen LogP contribution in [-0.4, -0.2) is 44.6 Å². The summed E-state index contributed by atoms with van der Waals surface area (Å²) in [6, 6.07) is 8.15. The summed E-state index contributed by atoms with van der Waals surface area (Å²) in [5.74, 6) is -0.911. The number of carboxylic acid groups (broad SMARTS) is 2. The molecule has 7 heteroatoms. The fraction of sp³-hybridized carbons (Fsp3) is 0.250. The molecule has 0 saturated heterocycles. The Balaban J connectivity index is 0.000000241. The van der Waals surface area contributed by atoms with E-state index in [2.05, 4.69) is 24.1 Å². The van der Waals surface area contributed by atoms with Gasteiger partial charge in [-0.25, -0.2) is 9.59 Å². The van der Waals surface area contributed by atoms with Gasteiger partial charge in [-0.05, 0) is 16.7 Å². The molecule has 0 bridgehead atoms. The molecule has 2 rings (SSSR count). The molecule has 3 atom stereocenters. The zero-order valence-corrected chi connectivity index (χ0v) is 12.1.